The summed E-state index contributed by atoms with van der Waals surface area (Å²) in [4.78, 5) is 24.8. The number of nitrogens with zero attached hydrogens (tertiary/aromatic N) is 2. The fourth-order valence-corrected chi connectivity index (χ4v) is 3.61. The van der Waals surface area contributed by atoms with Crippen molar-refractivity contribution in [2.75, 3.05) is 0 Å². The molecule has 30 heavy (non-hydrogen) atoms. The number of carbonyl (C=O) groups is 2. The molecule has 0 unspecified atom stereocenters. The molecule has 0 saturated heterocycles. The highest BCUT2D eigenvalue weighted by atomic mass is 16.5. The molecule has 0 radical (unpaired) electrons. The van der Waals surface area contributed by atoms with E-state index in [1.54, 1.807) is 48.5 Å². The van der Waals surface area contributed by atoms with Crippen LogP contribution in [-0.2, 0) is 32.3 Å². The molecule has 2 aromatic rings. The predicted molar refractivity (Wildman–Crippen MR) is 107 cm³/mol. The third kappa shape index (κ3) is 5.24. The van der Waals surface area contributed by atoms with E-state index in [9.17, 15) is 9.59 Å². The molecule has 0 spiro atoms. The second-order valence-corrected chi connectivity index (χ2v) is 7.30. The van der Waals surface area contributed by atoms with Gasteiger partial charge in [0.05, 0.1) is 35.1 Å². The first-order valence-corrected chi connectivity index (χ1v) is 9.91. The van der Waals surface area contributed by atoms with Gasteiger partial charge in [-0.3, -0.25) is 9.59 Å². The average molecular weight is 402 g/mol. The Morgan fingerprint density at radius 1 is 0.733 bits per heavy atom. The maximum absolute atomic E-state index is 12.4. The lowest BCUT2D eigenvalue weighted by atomic mass is 9.82. The number of nitriles is 2. The van der Waals surface area contributed by atoms with Crippen molar-refractivity contribution >= 4 is 11.9 Å². The van der Waals surface area contributed by atoms with Crippen molar-refractivity contribution in [3.63, 3.8) is 0 Å². The van der Waals surface area contributed by atoms with Gasteiger partial charge in [0.2, 0.25) is 0 Å². The number of hydrogen-bond acceptors (Lipinski definition) is 6. The highest BCUT2D eigenvalue weighted by Gasteiger charge is 2.31. The van der Waals surface area contributed by atoms with Crippen molar-refractivity contribution in [2.45, 2.75) is 38.9 Å². The van der Waals surface area contributed by atoms with Crippen LogP contribution in [0.5, 0.6) is 0 Å². The SMILES string of the molecule is N#Cc1ccccc1COC(=O)C1CCC(C(=O)OCc2ccccc2C#N)CC1. The Hall–Kier alpha value is -3.64. The highest BCUT2D eigenvalue weighted by molar-refractivity contribution is 5.75. The van der Waals surface area contributed by atoms with Gasteiger partial charge >= 0.3 is 11.9 Å². The van der Waals surface area contributed by atoms with Gasteiger partial charge in [0.25, 0.3) is 0 Å². The Morgan fingerprint density at radius 3 is 1.47 bits per heavy atom. The monoisotopic (exact) mass is 402 g/mol. The van der Waals surface area contributed by atoms with Crippen LogP contribution in [0.2, 0.25) is 0 Å². The van der Waals surface area contributed by atoms with Gasteiger partial charge in [-0.15, -0.1) is 0 Å². The average Bonchev–Trinajstić information content (AvgIpc) is 2.81. The predicted octanol–water partition coefficient (Wildman–Crippen LogP) is 4.02. The summed E-state index contributed by atoms with van der Waals surface area (Å²) in [6, 6.07) is 18.2. The van der Waals surface area contributed by atoms with Crippen LogP contribution in [0.3, 0.4) is 0 Å². The van der Waals surface area contributed by atoms with Crippen LogP contribution in [0.15, 0.2) is 48.5 Å². The van der Waals surface area contributed by atoms with Gasteiger partial charge in [0.15, 0.2) is 0 Å². The lowest BCUT2D eigenvalue weighted by Crippen LogP contribution is -2.28. The summed E-state index contributed by atoms with van der Waals surface area (Å²) >= 11 is 0. The molecule has 6 nitrogen and oxygen atoms in total. The molecule has 1 fully saturated rings. The Bertz CT molecular complexity index is 913. The second-order valence-electron chi connectivity index (χ2n) is 7.30. The van der Waals surface area contributed by atoms with E-state index in [0.29, 0.717) is 47.9 Å². The topological polar surface area (TPSA) is 100 Å². The van der Waals surface area contributed by atoms with Gasteiger partial charge in [-0.2, -0.15) is 10.5 Å². The zero-order valence-electron chi connectivity index (χ0n) is 16.5. The van der Waals surface area contributed by atoms with Crippen molar-refractivity contribution in [2.24, 2.45) is 11.8 Å². The third-order valence-corrected chi connectivity index (χ3v) is 5.41. The lowest BCUT2D eigenvalue weighted by Gasteiger charge is -2.26. The first-order valence-electron chi connectivity index (χ1n) is 9.91. The van der Waals surface area contributed by atoms with Crippen LogP contribution < -0.4 is 0 Å². The zero-order chi connectivity index (χ0) is 21.3. The Kier molecular flexibility index (Phi) is 7.19. The van der Waals surface area contributed by atoms with Crippen LogP contribution in [0.1, 0.15) is 47.9 Å². The van der Waals surface area contributed by atoms with Crippen molar-refractivity contribution in [1.82, 2.24) is 0 Å². The minimum Gasteiger partial charge on any atom is -0.461 e. The number of ether oxygens (including phenoxy) is 2. The van der Waals surface area contributed by atoms with Gasteiger partial charge in [0, 0.05) is 11.1 Å². The van der Waals surface area contributed by atoms with E-state index < -0.39 is 0 Å². The van der Waals surface area contributed by atoms with Crippen LogP contribution in [0.4, 0.5) is 0 Å². The fraction of sp³-hybridized carbons (Fsp3) is 0.333. The molecule has 0 atom stereocenters. The summed E-state index contributed by atoms with van der Waals surface area (Å²) < 4.78 is 10.8. The Labute approximate surface area is 175 Å². The number of esters is 2. The van der Waals surface area contributed by atoms with Crippen molar-refractivity contribution in [3.05, 3.63) is 70.8 Å². The Morgan fingerprint density at radius 2 is 1.10 bits per heavy atom. The van der Waals surface area contributed by atoms with E-state index in [1.165, 1.54) is 0 Å². The molecule has 152 valence electrons. The quantitative estimate of drug-likeness (QED) is 0.677. The van der Waals surface area contributed by atoms with E-state index in [-0.39, 0.29) is 37.0 Å². The van der Waals surface area contributed by atoms with Gasteiger partial charge in [-0.25, -0.2) is 0 Å². The van der Waals surface area contributed by atoms with Crippen LogP contribution >= 0.6 is 0 Å². The maximum Gasteiger partial charge on any atom is 0.309 e. The van der Waals surface area contributed by atoms with Gasteiger partial charge in [-0.1, -0.05) is 36.4 Å². The third-order valence-electron chi connectivity index (χ3n) is 5.41. The number of benzene rings is 2. The molecule has 0 bridgehead atoms. The first-order chi connectivity index (χ1) is 14.6. The molecule has 1 saturated carbocycles. The molecule has 0 heterocycles. The Balaban J connectivity index is 1.45. The number of rotatable bonds is 6. The van der Waals surface area contributed by atoms with Crippen LogP contribution in [0, 0.1) is 34.5 Å². The largest absolute Gasteiger partial charge is 0.461 e. The summed E-state index contributed by atoms with van der Waals surface area (Å²) in [6.07, 6.45) is 2.25. The maximum atomic E-state index is 12.4. The molecule has 0 aliphatic heterocycles. The van der Waals surface area contributed by atoms with Crippen molar-refractivity contribution < 1.29 is 19.1 Å². The van der Waals surface area contributed by atoms with E-state index in [2.05, 4.69) is 12.1 Å². The van der Waals surface area contributed by atoms with E-state index in [0.717, 1.165) is 0 Å². The summed E-state index contributed by atoms with van der Waals surface area (Å²) in [5, 5.41) is 18.2. The van der Waals surface area contributed by atoms with Gasteiger partial charge in [-0.05, 0) is 37.8 Å². The van der Waals surface area contributed by atoms with Crippen molar-refractivity contribution in [1.29, 1.82) is 10.5 Å². The first kappa shape index (κ1) is 21.1. The number of carbonyl (C=O) groups excluding carboxylic acids is 2. The number of hydrogen-bond donors (Lipinski definition) is 0. The summed E-state index contributed by atoms with van der Waals surface area (Å²) in [6.45, 7) is 0.145. The van der Waals surface area contributed by atoms with Crippen LogP contribution in [-0.4, -0.2) is 11.9 Å². The summed E-state index contributed by atoms with van der Waals surface area (Å²) in [5.41, 5.74) is 2.36. The standard InChI is InChI=1S/C24H22N2O4/c25-13-19-5-1-3-7-21(19)15-29-23(27)17-9-11-18(12-10-17)24(28)30-16-22-8-4-2-6-20(22)14-26/h1-8,17-18H,9-12,15-16H2. The van der Waals surface area contributed by atoms with Crippen LogP contribution in [0.25, 0.3) is 0 Å². The minimum absolute atomic E-state index is 0.0723. The molecule has 1 aliphatic rings. The molecule has 2 aromatic carbocycles. The molecule has 3 rings (SSSR count). The smallest absolute Gasteiger partial charge is 0.309 e. The fourth-order valence-electron chi connectivity index (χ4n) is 3.61. The normalized spacial score (nSPS) is 17.9. The molecule has 0 N–H and O–H groups in total. The molecule has 0 aromatic heterocycles. The molecule has 6 heteroatoms. The summed E-state index contributed by atoms with van der Waals surface area (Å²) in [5.74, 6) is -1.08. The molecular weight excluding hydrogens is 380 g/mol. The van der Waals surface area contributed by atoms with Gasteiger partial charge < -0.3 is 9.47 Å². The van der Waals surface area contributed by atoms with Gasteiger partial charge in [0.1, 0.15) is 13.2 Å². The van der Waals surface area contributed by atoms with E-state index in [4.69, 9.17) is 20.0 Å². The van der Waals surface area contributed by atoms with E-state index in [1.807, 2.05) is 0 Å². The van der Waals surface area contributed by atoms with E-state index >= 15 is 0 Å². The zero-order valence-corrected chi connectivity index (χ0v) is 16.5. The molecule has 1 aliphatic carbocycles. The molecular formula is C24H22N2O4. The molecule has 0 amide bonds. The summed E-state index contributed by atoms with van der Waals surface area (Å²) in [7, 11) is 0. The lowest BCUT2D eigenvalue weighted by molar-refractivity contribution is -0.156. The minimum atomic E-state index is -0.294. The van der Waals surface area contributed by atoms with Crippen molar-refractivity contribution in [3.8, 4) is 12.1 Å². The highest BCUT2D eigenvalue weighted by Crippen LogP contribution is 2.31. The second kappa shape index (κ2) is 10.2.